The van der Waals surface area contributed by atoms with Crippen molar-refractivity contribution in [2.24, 2.45) is 5.73 Å². The molecule has 3 N–H and O–H groups in total. The second-order valence-corrected chi connectivity index (χ2v) is 6.37. The zero-order chi connectivity index (χ0) is 18.0. The molecule has 2 aromatic carbocycles. The van der Waals surface area contributed by atoms with Crippen LogP contribution in [0.4, 0.5) is 0 Å². The molecule has 0 bridgehead atoms. The highest BCUT2D eigenvalue weighted by Crippen LogP contribution is 2.33. The molecule has 126 valence electrons. The van der Waals surface area contributed by atoms with Crippen molar-refractivity contribution in [2.75, 3.05) is 0 Å². The highest BCUT2D eigenvalue weighted by molar-refractivity contribution is 6.36. The van der Waals surface area contributed by atoms with Crippen LogP contribution in [0.25, 0.3) is 11.1 Å². The van der Waals surface area contributed by atoms with E-state index in [0.717, 1.165) is 16.7 Å². The molecule has 0 unspecified atom stereocenters. The number of hydrogen-bond donors (Lipinski definition) is 2. The lowest BCUT2D eigenvalue weighted by molar-refractivity contribution is 0.0999. The van der Waals surface area contributed by atoms with Gasteiger partial charge in [0.15, 0.2) is 0 Å². The topological polar surface area (TPSA) is 76.0 Å². The SMILES string of the molecule is NC(=O)c1ccccc1Cc1c(Cl)cc(-c2cc[nH]c(=O)c2)cc1Cl. The fraction of sp³-hybridized carbons (Fsp3) is 0.0526. The number of pyridine rings is 1. The molecular formula is C19H14Cl2N2O2. The molecule has 0 saturated carbocycles. The van der Waals surface area contributed by atoms with Gasteiger partial charge in [-0.3, -0.25) is 9.59 Å². The molecule has 0 aliphatic carbocycles. The molecular weight excluding hydrogens is 359 g/mol. The van der Waals surface area contributed by atoms with Gasteiger partial charge in [0, 0.05) is 34.3 Å². The van der Waals surface area contributed by atoms with Gasteiger partial charge < -0.3 is 10.7 Å². The lowest BCUT2D eigenvalue weighted by atomic mass is 9.97. The Morgan fingerprint density at radius 1 is 1.00 bits per heavy atom. The Morgan fingerprint density at radius 2 is 1.68 bits per heavy atom. The molecule has 0 atom stereocenters. The van der Waals surface area contributed by atoms with Crippen LogP contribution in [0, 0.1) is 0 Å². The number of benzene rings is 2. The Bertz CT molecular complexity index is 989. The van der Waals surface area contributed by atoms with Crippen LogP contribution < -0.4 is 11.3 Å². The lowest BCUT2D eigenvalue weighted by Crippen LogP contribution is -2.13. The molecule has 3 rings (SSSR count). The zero-order valence-electron chi connectivity index (χ0n) is 13.1. The molecule has 0 spiro atoms. The monoisotopic (exact) mass is 372 g/mol. The number of aromatic amines is 1. The van der Waals surface area contributed by atoms with Crippen LogP contribution in [0.3, 0.4) is 0 Å². The second-order valence-electron chi connectivity index (χ2n) is 5.56. The standard InChI is InChI=1S/C19H14Cl2N2O2/c20-16-8-13(11-5-6-23-18(24)10-11)9-17(21)15(16)7-12-3-1-2-4-14(12)19(22)25/h1-6,8-10H,7H2,(H2,22,25)(H,23,24). The number of nitrogens with one attached hydrogen (secondary N) is 1. The summed E-state index contributed by atoms with van der Waals surface area (Å²) in [6.45, 7) is 0. The first-order valence-corrected chi connectivity index (χ1v) is 8.26. The molecule has 0 radical (unpaired) electrons. The van der Waals surface area contributed by atoms with Crippen molar-refractivity contribution in [2.45, 2.75) is 6.42 Å². The van der Waals surface area contributed by atoms with Crippen LogP contribution in [0.2, 0.25) is 10.0 Å². The lowest BCUT2D eigenvalue weighted by Gasteiger charge is -2.12. The van der Waals surface area contributed by atoms with E-state index in [1.165, 1.54) is 6.07 Å². The van der Waals surface area contributed by atoms with Gasteiger partial charge in [-0.15, -0.1) is 0 Å². The van der Waals surface area contributed by atoms with E-state index in [1.54, 1.807) is 36.5 Å². The predicted molar refractivity (Wildman–Crippen MR) is 100 cm³/mol. The minimum Gasteiger partial charge on any atom is -0.366 e. The van der Waals surface area contributed by atoms with E-state index in [2.05, 4.69) is 4.98 Å². The van der Waals surface area contributed by atoms with Crippen LogP contribution in [0.1, 0.15) is 21.5 Å². The number of nitrogens with two attached hydrogens (primary N) is 1. The van der Waals surface area contributed by atoms with Gasteiger partial charge in [-0.05, 0) is 46.5 Å². The number of H-pyrrole nitrogens is 1. The highest BCUT2D eigenvalue weighted by atomic mass is 35.5. The minimum atomic E-state index is -0.497. The third-order valence-corrected chi connectivity index (χ3v) is 4.57. The number of amides is 1. The Kier molecular flexibility index (Phi) is 4.93. The van der Waals surface area contributed by atoms with Crippen molar-refractivity contribution in [3.8, 4) is 11.1 Å². The van der Waals surface area contributed by atoms with Crippen LogP contribution in [0.5, 0.6) is 0 Å². The van der Waals surface area contributed by atoms with Crippen LogP contribution in [-0.4, -0.2) is 10.9 Å². The van der Waals surface area contributed by atoms with Gasteiger partial charge in [0.1, 0.15) is 0 Å². The Hall–Kier alpha value is -2.56. The summed E-state index contributed by atoms with van der Waals surface area (Å²) in [5, 5.41) is 0.920. The molecule has 25 heavy (non-hydrogen) atoms. The fourth-order valence-electron chi connectivity index (χ4n) is 2.67. The summed E-state index contributed by atoms with van der Waals surface area (Å²) in [5.74, 6) is -0.497. The van der Waals surface area contributed by atoms with Gasteiger partial charge in [-0.1, -0.05) is 41.4 Å². The number of carbonyl (C=O) groups is 1. The quantitative estimate of drug-likeness (QED) is 0.724. The van der Waals surface area contributed by atoms with Gasteiger partial charge in [-0.25, -0.2) is 0 Å². The third-order valence-electron chi connectivity index (χ3n) is 3.90. The van der Waals surface area contributed by atoms with E-state index in [-0.39, 0.29) is 5.56 Å². The molecule has 4 nitrogen and oxygen atoms in total. The van der Waals surface area contributed by atoms with Crippen LogP contribution in [0.15, 0.2) is 59.5 Å². The summed E-state index contributed by atoms with van der Waals surface area (Å²) in [4.78, 5) is 25.6. The summed E-state index contributed by atoms with van der Waals surface area (Å²) >= 11 is 12.8. The van der Waals surface area contributed by atoms with E-state index in [1.807, 2.05) is 12.1 Å². The molecule has 0 saturated heterocycles. The van der Waals surface area contributed by atoms with Gasteiger partial charge in [0.25, 0.3) is 0 Å². The zero-order valence-corrected chi connectivity index (χ0v) is 14.6. The summed E-state index contributed by atoms with van der Waals surface area (Å²) in [5.41, 5.74) is 8.57. The first-order chi connectivity index (χ1) is 12.0. The molecule has 3 aromatic rings. The molecule has 1 heterocycles. The highest BCUT2D eigenvalue weighted by Gasteiger charge is 2.14. The third kappa shape index (κ3) is 3.76. The maximum absolute atomic E-state index is 11.6. The Balaban J connectivity index is 2.02. The number of hydrogen-bond acceptors (Lipinski definition) is 2. The Morgan fingerprint density at radius 3 is 2.32 bits per heavy atom. The van der Waals surface area contributed by atoms with E-state index in [4.69, 9.17) is 28.9 Å². The van der Waals surface area contributed by atoms with E-state index in [9.17, 15) is 9.59 Å². The van der Waals surface area contributed by atoms with E-state index >= 15 is 0 Å². The Labute approximate surface area is 154 Å². The number of aromatic nitrogens is 1. The van der Waals surface area contributed by atoms with Crippen molar-refractivity contribution in [1.29, 1.82) is 0 Å². The predicted octanol–water partition coefficient (Wildman–Crippen LogP) is 4.04. The van der Waals surface area contributed by atoms with Gasteiger partial charge in [0.05, 0.1) is 0 Å². The van der Waals surface area contributed by atoms with Crippen LogP contribution in [-0.2, 0) is 6.42 Å². The average molecular weight is 373 g/mol. The average Bonchev–Trinajstić information content (AvgIpc) is 2.58. The van der Waals surface area contributed by atoms with Gasteiger partial charge in [-0.2, -0.15) is 0 Å². The molecule has 1 aromatic heterocycles. The van der Waals surface area contributed by atoms with Gasteiger partial charge >= 0.3 is 0 Å². The maximum atomic E-state index is 11.6. The molecule has 6 heteroatoms. The first kappa shape index (κ1) is 17.3. The van der Waals surface area contributed by atoms with Crippen molar-refractivity contribution in [3.63, 3.8) is 0 Å². The summed E-state index contributed by atoms with van der Waals surface area (Å²) in [6, 6.07) is 13.8. The van der Waals surface area contributed by atoms with Crippen molar-refractivity contribution in [3.05, 3.63) is 91.8 Å². The smallest absolute Gasteiger partial charge is 0.248 e. The number of carbonyl (C=O) groups excluding carboxylic acids is 1. The first-order valence-electron chi connectivity index (χ1n) is 7.50. The fourth-order valence-corrected chi connectivity index (χ4v) is 3.29. The summed E-state index contributed by atoms with van der Waals surface area (Å²) in [6.07, 6.45) is 1.95. The van der Waals surface area contributed by atoms with Crippen molar-refractivity contribution in [1.82, 2.24) is 4.98 Å². The molecule has 0 fully saturated rings. The largest absolute Gasteiger partial charge is 0.366 e. The number of rotatable bonds is 4. The summed E-state index contributed by atoms with van der Waals surface area (Å²) < 4.78 is 0. The van der Waals surface area contributed by atoms with Crippen molar-refractivity contribution < 1.29 is 4.79 Å². The van der Waals surface area contributed by atoms with Crippen LogP contribution >= 0.6 is 23.2 Å². The van der Waals surface area contributed by atoms with E-state index in [0.29, 0.717) is 27.6 Å². The molecule has 0 aliphatic heterocycles. The van der Waals surface area contributed by atoms with E-state index < -0.39 is 5.91 Å². The maximum Gasteiger partial charge on any atom is 0.248 e. The second kappa shape index (κ2) is 7.13. The van der Waals surface area contributed by atoms with Gasteiger partial charge in [0.2, 0.25) is 11.5 Å². The number of primary amides is 1. The normalized spacial score (nSPS) is 10.6. The molecule has 1 amide bonds. The molecule has 0 aliphatic rings. The minimum absolute atomic E-state index is 0.204. The van der Waals surface area contributed by atoms with Crippen molar-refractivity contribution >= 4 is 29.1 Å². The summed E-state index contributed by atoms with van der Waals surface area (Å²) in [7, 11) is 0. The number of halogens is 2.